The van der Waals surface area contributed by atoms with Gasteiger partial charge in [-0.3, -0.25) is 19.3 Å². The van der Waals surface area contributed by atoms with Gasteiger partial charge in [-0.05, 0) is 42.7 Å². The summed E-state index contributed by atoms with van der Waals surface area (Å²) in [7, 11) is 0. The topological polar surface area (TPSA) is 112 Å². The molecule has 3 heterocycles. The molecule has 3 rings (SSSR count). The summed E-state index contributed by atoms with van der Waals surface area (Å²) in [5, 5.41) is 25.2. The lowest BCUT2D eigenvalue weighted by Gasteiger charge is -2.39. The number of pyridine rings is 1. The summed E-state index contributed by atoms with van der Waals surface area (Å²) < 4.78 is 6.79. The summed E-state index contributed by atoms with van der Waals surface area (Å²) in [5.41, 5.74) is -0.926. The van der Waals surface area contributed by atoms with Crippen LogP contribution in [0, 0.1) is 0 Å². The van der Waals surface area contributed by atoms with E-state index in [9.17, 15) is 24.6 Å². The van der Waals surface area contributed by atoms with Gasteiger partial charge in [0, 0.05) is 19.3 Å². The van der Waals surface area contributed by atoms with Crippen LogP contribution in [0.25, 0.3) is 0 Å². The highest BCUT2D eigenvalue weighted by molar-refractivity contribution is 7.07. The molecule has 1 aliphatic rings. The number of carboxylic acid groups (broad SMARTS) is 1. The molecular formula is C19H23N3O6S. The molecule has 0 spiro atoms. The minimum absolute atomic E-state index is 0.0833. The molecule has 0 unspecified atom stereocenters. The van der Waals surface area contributed by atoms with Crippen molar-refractivity contribution in [3.8, 4) is 5.75 Å². The molecule has 0 radical (unpaired) electrons. The van der Waals surface area contributed by atoms with Crippen molar-refractivity contribution >= 4 is 23.2 Å². The van der Waals surface area contributed by atoms with Gasteiger partial charge in [-0.25, -0.2) is 4.79 Å². The number of ether oxygens (including phenoxy) is 1. The zero-order valence-electron chi connectivity index (χ0n) is 16.2. The molecule has 2 aromatic rings. The van der Waals surface area contributed by atoms with Crippen LogP contribution < -0.4 is 10.4 Å². The Balaban J connectivity index is 1.96. The van der Waals surface area contributed by atoms with Gasteiger partial charge in [0.05, 0.1) is 12.6 Å². The molecule has 9 nitrogen and oxygen atoms in total. The predicted molar refractivity (Wildman–Crippen MR) is 107 cm³/mol. The zero-order valence-corrected chi connectivity index (χ0v) is 17.0. The van der Waals surface area contributed by atoms with E-state index in [0.29, 0.717) is 26.1 Å². The van der Waals surface area contributed by atoms with Crippen LogP contribution in [-0.4, -0.2) is 57.6 Å². The number of rotatable bonds is 8. The highest BCUT2D eigenvalue weighted by Gasteiger charge is 2.34. The van der Waals surface area contributed by atoms with Crippen LogP contribution in [0.15, 0.2) is 27.8 Å². The average Bonchev–Trinajstić information content (AvgIpc) is 3.16. The van der Waals surface area contributed by atoms with Crippen molar-refractivity contribution in [2.45, 2.75) is 32.9 Å². The van der Waals surface area contributed by atoms with E-state index in [1.165, 1.54) is 20.9 Å². The zero-order chi connectivity index (χ0) is 21.1. The van der Waals surface area contributed by atoms with Crippen LogP contribution in [0.5, 0.6) is 5.75 Å². The van der Waals surface area contributed by atoms with Gasteiger partial charge in [-0.1, -0.05) is 0 Å². The molecule has 1 aliphatic heterocycles. The smallest absolute Gasteiger partial charge is 0.341 e. The van der Waals surface area contributed by atoms with E-state index in [0.717, 1.165) is 11.8 Å². The highest BCUT2D eigenvalue weighted by Crippen LogP contribution is 2.23. The van der Waals surface area contributed by atoms with Gasteiger partial charge in [-0.15, -0.1) is 0 Å². The number of nitrogens with zero attached hydrogens (tertiary/aromatic N) is 3. The monoisotopic (exact) mass is 421 g/mol. The van der Waals surface area contributed by atoms with Gasteiger partial charge in [0.2, 0.25) is 5.43 Å². The van der Waals surface area contributed by atoms with Crippen molar-refractivity contribution in [2.24, 2.45) is 0 Å². The van der Waals surface area contributed by atoms with Crippen molar-refractivity contribution in [2.75, 3.05) is 24.8 Å². The normalized spacial score (nSPS) is 13.8. The maximum absolute atomic E-state index is 12.9. The van der Waals surface area contributed by atoms with Crippen LogP contribution >= 0.6 is 11.3 Å². The SMILES string of the molecule is CC(C)OCCCN1CN(Cc2ccsc2)n2cc(C(=O)O)c(=O)c(O)c2C1=O. The first-order valence-corrected chi connectivity index (χ1v) is 10.1. The van der Waals surface area contributed by atoms with Crippen LogP contribution in [-0.2, 0) is 11.3 Å². The molecule has 2 aromatic heterocycles. The third-order valence-electron chi connectivity index (χ3n) is 4.49. The summed E-state index contributed by atoms with van der Waals surface area (Å²) in [4.78, 5) is 38.1. The van der Waals surface area contributed by atoms with Gasteiger partial charge in [0.15, 0.2) is 11.4 Å². The molecule has 29 heavy (non-hydrogen) atoms. The number of aromatic hydroxyl groups is 1. The van der Waals surface area contributed by atoms with Crippen molar-refractivity contribution in [1.82, 2.24) is 9.58 Å². The van der Waals surface area contributed by atoms with E-state index in [1.54, 1.807) is 5.01 Å². The molecule has 0 fully saturated rings. The Morgan fingerprint density at radius 1 is 1.34 bits per heavy atom. The van der Waals surface area contributed by atoms with Gasteiger partial charge in [0.25, 0.3) is 5.91 Å². The van der Waals surface area contributed by atoms with Gasteiger partial charge in [-0.2, -0.15) is 11.3 Å². The van der Waals surface area contributed by atoms with Crippen molar-refractivity contribution < 1.29 is 24.5 Å². The molecule has 2 N–H and O–H groups in total. The minimum Gasteiger partial charge on any atom is -0.502 e. The number of thiophene rings is 1. The van der Waals surface area contributed by atoms with Crippen LogP contribution in [0.4, 0.5) is 0 Å². The van der Waals surface area contributed by atoms with Gasteiger partial charge >= 0.3 is 5.97 Å². The average molecular weight is 421 g/mol. The number of carboxylic acids is 1. The van der Waals surface area contributed by atoms with E-state index in [1.807, 2.05) is 30.7 Å². The maximum Gasteiger partial charge on any atom is 0.341 e. The first kappa shape index (κ1) is 20.9. The fraction of sp³-hybridized carbons (Fsp3) is 0.421. The van der Waals surface area contributed by atoms with Crippen molar-refractivity contribution in [1.29, 1.82) is 0 Å². The summed E-state index contributed by atoms with van der Waals surface area (Å²) >= 11 is 1.52. The van der Waals surface area contributed by atoms with Crippen LogP contribution in [0.2, 0.25) is 0 Å². The van der Waals surface area contributed by atoms with E-state index >= 15 is 0 Å². The lowest BCUT2D eigenvalue weighted by atomic mass is 10.2. The van der Waals surface area contributed by atoms with Gasteiger partial charge < -0.3 is 19.8 Å². The maximum atomic E-state index is 12.9. The Labute approximate surface area is 171 Å². The summed E-state index contributed by atoms with van der Waals surface area (Å²) in [6, 6.07) is 1.92. The Kier molecular flexibility index (Phi) is 6.23. The van der Waals surface area contributed by atoms with Crippen LogP contribution in [0.1, 0.15) is 46.7 Å². The molecule has 0 aromatic carbocycles. The molecule has 156 valence electrons. The summed E-state index contributed by atoms with van der Waals surface area (Å²) in [6.45, 7) is 5.27. The molecule has 0 aliphatic carbocycles. The number of hydrogen-bond donors (Lipinski definition) is 2. The predicted octanol–water partition coefficient (Wildman–Crippen LogP) is 1.68. The third-order valence-corrected chi connectivity index (χ3v) is 5.22. The van der Waals surface area contributed by atoms with Gasteiger partial charge in [0.1, 0.15) is 12.2 Å². The molecule has 0 atom stereocenters. The number of amides is 1. The highest BCUT2D eigenvalue weighted by atomic mass is 32.1. The van der Waals surface area contributed by atoms with E-state index < -0.39 is 28.6 Å². The number of aromatic nitrogens is 1. The number of fused-ring (bicyclic) bond motifs is 1. The second-order valence-corrected chi connectivity index (χ2v) is 7.78. The van der Waals surface area contributed by atoms with Crippen molar-refractivity contribution in [3.63, 3.8) is 0 Å². The second kappa shape index (κ2) is 8.66. The molecule has 10 heteroatoms. The Morgan fingerprint density at radius 2 is 2.10 bits per heavy atom. The number of carbonyl (C=O) groups is 2. The van der Waals surface area contributed by atoms with Crippen molar-refractivity contribution in [3.05, 3.63) is 50.1 Å². The lowest BCUT2D eigenvalue weighted by Crippen LogP contribution is -2.54. The van der Waals surface area contributed by atoms with E-state index in [-0.39, 0.29) is 18.5 Å². The number of hydrogen-bond acceptors (Lipinski definition) is 7. The minimum atomic E-state index is -1.46. The quantitative estimate of drug-likeness (QED) is 0.624. The molecule has 1 amide bonds. The second-order valence-electron chi connectivity index (χ2n) is 7.00. The lowest BCUT2D eigenvalue weighted by molar-refractivity contribution is 0.0563. The Hall–Kier alpha value is -2.85. The molecular weight excluding hydrogens is 398 g/mol. The molecule has 0 saturated carbocycles. The molecule has 0 bridgehead atoms. The molecule has 0 saturated heterocycles. The first-order chi connectivity index (χ1) is 13.8. The van der Waals surface area contributed by atoms with Crippen LogP contribution in [0.3, 0.4) is 0 Å². The third kappa shape index (κ3) is 4.43. The number of carbonyl (C=O) groups excluding carboxylic acids is 1. The largest absolute Gasteiger partial charge is 0.502 e. The van der Waals surface area contributed by atoms with E-state index in [2.05, 4.69) is 0 Å². The Morgan fingerprint density at radius 3 is 2.72 bits per heavy atom. The van der Waals surface area contributed by atoms with E-state index in [4.69, 9.17) is 4.74 Å². The fourth-order valence-electron chi connectivity index (χ4n) is 3.11. The first-order valence-electron chi connectivity index (χ1n) is 9.18. The summed E-state index contributed by atoms with van der Waals surface area (Å²) in [5.74, 6) is -2.84. The standard InChI is InChI=1S/C19H23N3O6S/c1-12(2)28-6-3-5-20-11-21(8-13-4-7-29-10-13)22-9-14(19(26)27)16(23)17(24)15(22)18(20)25/h4,7,9-10,12,24H,3,5-6,8,11H2,1-2H3,(H,26,27). The Bertz CT molecular complexity index is 954. The fourth-order valence-corrected chi connectivity index (χ4v) is 3.77. The summed E-state index contributed by atoms with van der Waals surface area (Å²) in [6.07, 6.45) is 1.78. The number of aromatic carboxylic acids is 1.